The molecule has 2 rings (SSSR count). The van der Waals surface area contributed by atoms with Crippen molar-refractivity contribution in [2.45, 2.75) is 18.9 Å². The third kappa shape index (κ3) is 4.74. The average molecular weight is 345 g/mol. The molecule has 0 aliphatic carbocycles. The number of carbonyl (C=O) groups is 2. The SMILES string of the molecule is COCC(C)(CC(=O)O)NC(=O)c1ccc(=O)n(-c2ccccc2)n1. The number of para-hydroxylation sites is 1. The van der Waals surface area contributed by atoms with Gasteiger partial charge in [-0.15, -0.1) is 0 Å². The van der Waals surface area contributed by atoms with Crippen LogP contribution in [0.5, 0.6) is 0 Å². The van der Waals surface area contributed by atoms with Crippen molar-refractivity contribution in [3.8, 4) is 5.69 Å². The standard InChI is InChI=1S/C17H19N3O5/c1-17(11-25-2,10-15(22)23)18-16(24)13-8-9-14(21)20(19-13)12-6-4-3-5-7-12/h3-9H,10-11H2,1-2H3,(H,18,24)(H,22,23). The first-order valence-corrected chi connectivity index (χ1v) is 7.54. The Bertz CT molecular complexity index is 819. The van der Waals surface area contributed by atoms with Gasteiger partial charge in [-0.25, -0.2) is 0 Å². The topological polar surface area (TPSA) is 111 Å². The number of hydrogen-bond acceptors (Lipinski definition) is 5. The molecule has 0 saturated carbocycles. The van der Waals surface area contributed by atoms with E-state index in [-0.39, 0.29) is 24.3 Å². The van der Waals surface area contributed by atoms with Gasteiger partial charge in [0, 0.05) is 13.2 Å². The number of carboxylic acid groups (broad SMARTS) is 1. The molecule has 0 bridgehead atoms. The lowest BCUT2D eigenvalue weighted by molar-refractivity contribution is -0.139. The Balaban J connectivity index is 2.30. The number of nitrogens with zero attached hydrogens (tertiary/aromatic N) is 2. The highest BCUT2D eigenvalue weighted by atomic mass is 16.5. The van der Waals surface area contributed by atoms with Crippen LogP contribution in [0.15, 0.2) is 47.3 Å². The summed E-state index contributed by atoms with van der Waals surface area (Å²) in [7, 11) is 1.42. The van der Waals surface area contributed by atoms with E-state index in [9.17, 15) is 14.4 Å². The normalized spacial score (nSPS) is 13.0. The van der Waals surface area contributed by atoms with Crippen LogP contribution in [-0.4, -0.2) is 46.0 Å². The molecule has 25 heavy (non-hydrogen) atoms. The van der Waals surface area contributed by atoms with E-state index >= 15 is 0 Å². The van der Waals surface area contributed by atoms with E-state index in [1.807, 2.05) is 0 Å². The Morgan fingerprint density at radius 3 is 2.52 bits per heavy atom. The van der Waals surface area contributed by atoms with Gasteiger partial charge in [0.1, 0.15) is 5.69 Å². The molecule has 2 aromatic rings. The van der Waals surface area contributed by atoms with Gasteiger partial charge in [0.2, 0.25) is 0 Å². The summed E-state index contributed by atoms with van der Waals surface area (Å²) in [5.74, 6) is -1.66. The quantitative estimate of drug-likeness (QED) is 0.769. The highest BCUT2D eigenvalue weighted by molar-refractivity contribution is 5.93. The van der Waals surface area contributed by atoms with Crippen molar-refractivity contribution in [2.24, 2.45) is 0 Å². The second-order valence-corrected chi connectivity index (χ2v) is 5.82. The third-order valence-electron chi connectivity index (χ3n) is 3.45. The van der Waals surface area contributed by atoms with Gasteiger partial charge >= 0.3 is 5.97 Å². The molecular formula is C17H19N3O5. The van der Waals surface area contributed by atoms with Crippen LogP contribution in [0.1, 0.15) is 23.8 Å². The molecule has 0 spiro atoms. The van der Waals surface area contributed by atoms with Gasteiger partial charge in [0.05, 0.1) is 24.3 Å². The summed E-state index contributed by atoms with van der Waals surface area (Å²) in [6.07, 6.45) is -0.315. The first-order valence-electron chi connectivity index (χ1n) is 7.54. The molecule has 1 heterocycles. The van der Waals surface area contributed by atoms with Gasteiger partial charge in [-0.05, 0) is 25.1 Å². The fraction of sp³-hybridized carbons (Fsp3) is 0.294. The Labute approximate surface area is 144 Å². The first-order chi connectivity index (χ1) is 11.8. The van der Waals surface area contributed by atoms with Crippen LogP contribution in [0.4, 0.5) is 0 Å². The summed E-state index contributed by atoms with van der Waals surface area (Å²) < 4.78 is 6.11. The Morgan fingerprint density at radius 2 is 1.92 bits per heavy atom. The van der Waals surface area contributed by atoms with E-state index in [1.54, 1.807) is 37.3 Å². The van der Waals surface area contributed by atoms with Gasteiger partial charge in [-0.2, -0.15) is 9.78 Å². The molecule has 132 valence electrons. The van der Waals surface area contributed by atoms with Crippen molar-refractivity contribution >= 4 is 11.9 Å². The van der Waals surface area contributed by atoms with Crippen LogP contribution in [0.2, 0.25) is 0 Å². The summed E-state index contributed by atoms with van der Waals surface area (Å²) in [5, 5.41) is 15.7. The zero-order chi connectivity index (χ0) is 18.4. The maximum atomic E-state index is 12.5. The number of hydrogen-bond donors (Lipinski definition) is 2. The molecule has 1 aromatic carbocycles. The van der Waals surface area contributed by atoms with Crippen molar-refractivity contribution in [3.05, 3.63) is 58.5 Å². The minimum atomic E-state index is -1.10. The molecule has 8 nitrogen and oxygen atoms in total. The average Bonchev–Trinajstić information content (AvgIpc) is 2.55. The van der Waals surface area contributed by atoms with E-state index in [1.165, 1.54) is 19.2 Å². The fourth-order valence-electron chi connectivity index (χ4n) is 2.41. The lowest BCUT2D eigenvalue weighted by Gasteiger charge is -2.28. The summed E-state index contributed by atoms with van der Waals surface area (Å²) in [6, 6.07) is 11.2. The molecule has 8 heteroatoms. The summed E-state index contributed by atoms with van der Waals surface area (Å²) in [5.41, 5.74) is -0.969. The highest BCUT2D eigenvalue weighted by Crippen LogP contribution is 2.12. The van der Waals surface area contributed by atoms with E-state index in [0.717, 1.165) is 4.68 Å². The number of aliphatic carboxylic acids is 1. The molecule has 0 fully saturated rings. The van der Waals surface area contributed by atoms with Crippen molar-refractivity contribution < 1.29 is 19.4 Å². The summed E-state index contributed by atoms with van der Waals surface area (Å²) >= 11 is 0. The fourth-order valence-corrected chi connectivity index (χ4v) is 2.41. The van der Waals surface area contributed by atoms with Gasteiger partial charge in [-0.3, -0.25) is 14.4 Å². The Kier molecular flexibility index (Phi) is 5.66. The lowest BCUT2D eigenvalue weighted by atomic mass is 9.98. The number of nitrogens with one attached hydrogen (secondary N) is 1. The number of benzene rings is 1. The molecule has 0 aliphatic rings. The van der Waals surface area contributed by atoms with Gasteiger partial charge in [0.25, 0.3) is 11.5 Å². The third-order valence-corrected chi connectivity index (χ3v) is 3.45. The van der Waals surface area contributed by atoms with Gasteiger partial charge in [0.15, 0.2) is 0 Å². The second kappa shape index (κ2) is 7.71. The number of ether oxygens (including phenoxy) is 1. The van der Waals surface area contributed by atoms with E-state index in [0.29, 0.717) is 5.69 Å². The van der Waals surface area contributed by atoms with Crippen molar-refractivity contribution in [1.82, 2.24) is 15.1 Å². The number of rotatable bonds is 7. The number of methoxy groups -OCH3 is 1. The van der Waals surface area contributed by atoms with Crippen LogP contribution in [0, 0.1) is 0 Å². The molecule has 1 atom stereocenters. The smallest absolute Gasteiger partial charge is 0.305 e. The molecule has 0 saturated heterocycles. The summed E-state index contributed by atoms with van der Waals surface area (Å²) in [6.45, 7) is 1.58. The maximum Gasteiger partial charge on any atom is 0.305 e. The first kappa shape index (κ1) is 18.3. The van der Waals surface area contributed by atoms with Crippen LogP contribution in [0.3, 0.4) is 0 Å². The van der Waals surface area contributed by atoms with Crippen molar-refractivity contribution in [3.63, 3.8) is 0 Å². The molecule has 2 N–H and O–H groups in total. The number of carbonyl (C=O) groups excluding carboxylic acids is 1. The highest BCUT2D eigenvalue weighted by Gasteiger charge is 2.30. The minimum absolute atomic E-state index is 0.00355. The summed E-state index contributed by atoms with van der Waals surface area (Å²) in [4.78, 5) is 35.5. The molecule has 0 radical (unpaired) electrons. The largest absolute Gasteiger partial charge is 0.481 e. The minimum Gasteiger partial charge on any atom is -0.481 e. The number of aromatic nitrogens is 2. The molecule has 1 amide bonds. The number of amides is 1. The zero-order valence-electron chi connectivity index (χ0n) is 13.9. The lowest BCUT2D eigenvalue weighted by Crippen LogP contribution is -2.51. The Morgan fingerprint density at radius 1 is 1.24 bits per heavy atom. The maximum absolute atomic E-state index is 12.5. The zero-order valence-corrected chi connectivity index (χ0v) is 13.9. The predicted molar refractivity (Wildman–Crippen MR) is 89.8 cm³/mol. The monoisotopic (exact) mass is 345 g/mol. The molecule has 0 aliphatic heterocycles. The molecule has 1 unspecified atom stereocenters. The van der Waals surface area contributed by atoms with E-state index in [2.05, 4.69) is 10.4 Å². The van der Waals surface area contributed by atoms with Gasteiger partial charge in [-0.1, -0.05) is 18.2 Å². The van der Waals surface area contributed by atoms with Crippen LogP contribution in [0.25, 0.3) is 5.69 Å². The molecular weight excluding hydrogens is 326 g/mol. The van der Waals surface area contributed by atoms with Crippen LogP contribution < -0.4 is 10.9 Å². The van der Waals surface area contributed by atoms with Crippen LogP contribution >= 0.6 is 0 Å². The van der Waals surface area contributed by atoms with Crippen LogP contribution in [-0.2, 0) is 9.53 Å². The second-order valence-electron chi connectivity index (χ2n) is 5.82. The number of carboxylic acids is 1. The van der Waals surface area contributed by atoms with Gasteiger partial charge < -0.3 is 15.2 Å². The molecule has 1 aromatic heterocycles. The van der Waals surface area contributed by atoms with Crippen molar-refractivity contribution in [2.75, 3.05) is 13.7 Å². The van der Waals surface area contributed by atoms with E-state index < -0.39 is 17.4 Å². The van der Waals surface area contributed by atoms with Crippen molar-refractivity contribution in [1.29, 1.82) is 0 Å². The Hall–Kier alpha value is -3.00. The predicted octanol–water partition coefficient (Wildman–Crippen LogP) is 0.842. The van der Waals surface area contributed by atoms with E-state index in [4.69, 9.17) is 9.84 Å².